The molecule has 0 bridgehead atoms. The lowest BCUT2D eigenvalue weighted by Gasteiger charge is -2.17. The summed E-state index contributed by atoms with van der Waals surface area (Å²) in [5.41, 5.74) is 0.344. The highest BCUT2D eigenvalue weighted by atomic mass is 32.2. The quantitative estimate of drug-likeness (QED) is 0.377. The molecule has 1 rings (SSSR count). The van der Waals surface area contributed by atoms with E-state index in [1.165, 1.54) is 0 Å². The highest BCUT2D eigenvalue weighted by molar-refractivity contribution is 8.13. The Morgan fingerprint density at radius 1 is 1.30 bits per heavy atom. The topological polar surface area (TPSA) is 117 Å². The predicted octanol–water partition coefficient (Wildman–Crippen LogP) is -0.377. The van der Waals surface area contributed by atoms with Crippen molar-refractivity contribution in [3.8, 4) is 0 Å². The zero-order valence-corrected chi connectivity index (χ0v) is 14.1. The van der Waals surface area contributed by atoms with Crippen molar-refractivity contribution < 1.29 is 34.4 Å². The first-order chi connectivity index (χ1) is 10.9. The van der Waals surface area contributed by atoms with Crippen LogP contribution in [0.25, 0.3) is 0 Å². The van der Waals surface area contributed by atoms with Crippen molar-refractivity contribution >= 4 is 23.0 Å². The lowest BCUT2D eigenvalue weighted by Crippen LogP contribution is -2.32. The lowest BCUT2D eigenvalue weighted by atomic mass is 10.3. The third-order valence-electron chi connectivity index (χ3n) is 2.65. The van der Waals surface area contributed by atoms with E-state index in [-0.39, 0.29) is 37.8 Å². The number of thioether (sulfide) groups is 1. The van der Waals surface area contributed by atoms with Gasteiger partial charge in [-0.05, 0) is 18.7 Å². The fourth-order valence-electron chi connectivity index (χ4n) is 1.50. The van der Waals surface area contributed by atoms with Crippen LogP contribution in [-0.4, -0.2) is 89.4 Å². The molecule has 0 radical (unpaired) electrons. The Morgan fingerprint density at radius 2 is 1.83 bits per heavy atom. The van der Waals surface area contributed by atoms with Gasteiger partial charge in [-0.25, -0.2) is 9.59 Å². The summed E-state index contributed by atoms with van der Waals surface area (Å²) in [7, 11) is 0. The van der Waals surface area contributed by atoms with Gasteiger partial charge in [-0.2, -0.15) is 0 Å². The van der Waals surface area contributed by atoms with Crippen LogP contribution in [0.4, 0.5) is 4.79 Å². The Kier molecular flexibility index (Phi) is 12.7. The minimum atomic E-state index is -0.451. The van der Waals surface area contributed by atoms with Crippen LogP contribution in [0.5, 0.6) is 0 Å². The van der Waals surface area contributed by atoms with Crippen molar-refractivity contribution in [3.05, 3.63) is 12.2 Å². The van der Waals surface area contributed by atoms with Crippen LogP contribution in [-0.2, 0) is 14.3 Å². The van der Waals surface area contributed by atoms with E-state index in [9.17, 15) is 9.59 Å². The van der Waals surface area contributed by atoms with E-state index < -0.39 is 5.97 Å². The molecular formula is C14H25NO7S. The molecule has 3 N–H and O–H groups in total. The van der Waals surface area contributed by atoms with Gasteiger partial charge < -0.3 is 24.8 Å². The summed E-state index contributed by atoms with van der Waals surface area (Å²) in [6.45, 7) is 6.86. The molecular weight excluding hydrogens is 326 g/mol. The molecule has 23 heavy (non-hydrogen) atoms. The Balaban J connectivity index is 0.000000438. The van der Waals surface area contributed by atoms with Gasteiger partial charge in [0.25, 0.3) is 0 Å². The number of hydrogen-bond donors (Lipinski definition) is 3. The Bertz CT molecular complexity index is 364. The fraction of sp³-hybridized carbons (Fsp3) is 0.714. The summed E-state index contributed by atoms with van der Waals surface area (Å²) >= 11 is 1.09. The highest BCUT2D eigenvalue weighted by Crippen LogP contribution is 2.19. The van der Waals surface area contributed by atoms with Crippen molar-refractivity contribution in [1.82, 2.24) is 4.90 Å². The molecule has 0 aliphatic carbocycles. The Labute approximate surface area is 140 Å². The molecule has 0 aromatic carbocycles. The van der Waals surface area contributed by atoms with Gasteiger partial charge in [0.05, 0.1) is 19.8 Å². The lowest BCUT2D eigenvalue weighted by molar-refractivity contribution is -0.141. The van der Waals surface area contributed by atoms with Crippen LogP contribution >= 0.6 is 11.8 Å². The molecule has 1 saturated heterocycles. The van der Waals surface area contributed by atoms with Crippen LogP contribution in [0, 0.1) is 0 Å². The summed E-state index contributed by atoms with van der Waals surface area (Å²) < 4.78 is 9.62. The average Bonchev–Trinajstić information content (AvgIpc) is 2.92. The minimum absolute atomic E-state index is 0.0694. The van der Waals surface area contributed by atoms with Gasteiger partial charge in [0.15, 0.2) is 0 Å². The zero-order chi connectivity index (χ0) is 17.7. The van der Waals surface area contributed by atoms with Crippen molar-refractivity contribution in [1.29, 1.82) is 0 Å². The second-order valence-corrected chi connectivity index (χ2v) is 5.65. The molecule has 1 atom stereocenters. The summed E-state index contributed by atoms with van der Waals surface area (Å²) in [6, 6.07) is 0. The van der Waals surface area contributed by atoms with E-state index in [4.69, 9.17) is 24.8 Å². The minimum Gasteiger partial charge on any atom is -0.458 e. The first-order valence-corrected chi connectivity index (χ1v) is 8.14. The van der Waals surface area contributed by atoms with Gasteiger partial charge in [-0.3, -0.25) is 4.90 Å². The zero-order valence-electron chi connectivity index (χ0n) is 13.3. The first-order valence-electron chi connectivity index (χ1n) is 7.15. The van der Waals surface area contributed by atoms with Gasteiger partial charge in [-0.1, -0.05) is 6.58 Å². The van der Waals surface area contributed by atoms with Gasteiger partial charge in [0.1, 0.15) is 12.7 Å². The van der Waals surface area contributed by atoms with Gasteiger partial charge in [0.2, 0.25) is 0 Å². The Hall–Kier alpha value is -1.13. The van der Waals surface area contributed by atoms with Crippen molar-refractivity contribution in [2.45, 2.75) is 13.0 Å². The number of aliphatic hydroxyl groups is 3. The van der Waals surface area contributed by atoms with E-state index >= 15 is 0 Å². The maximum Gasteiger partial charge on any atom is 0.367 e. The van der Waals surface area contributed by atoms with E-state index in [0.717, 1.165) is 11.8 Å². The molecule has 1 heterocycles. The summed E-state index contributed by atoms with van der Waals surface area (Å²) in [4.78, 5) is 23.3. The van der Waals surface area contributed by atoms with Gasteiger partial charge >= 0.3 is 11.3 Å². The third kappa shape index (κ3) is 11.1. The van der Waals surface area contributed by atoms with Crippen LogP contribution < -0.4 is 0 Å². The van der Waals surface area contributed by atoms with Crippen molar-refractivity contribution in [2.24, 2.45) is 0 Å². The largest absolute Gasteiger partial charge is 0.458 e. The molecule has 134 valence electrons. The standard InChI is InChI=1S/C8H10O4S.C6H15NO3/c1-5(2)7(9)11-3-6-4-13-8(10)12-6;8-4-1-7(2-5-9)3-6-10/h6H,1,3-4H2,2H3;8-10H,1-6H2. The highest BCUT2D eigenvalue weighted by Gasteiger charge is 2.25. The van der Waals surface area contributed by atoms with E-state index in [1.54, 1.807) is 11.8 Å². The number of nitrogens with zero attached hydrogens (tertiary/aromatic N) is 1. The molecule has 1 fully saturated rings. The molecule has 8 nitrogen and oxygen atoms in total. The number of ether oxygens (including phenoxy) is 2. The monoisotopic (exact) mass is 351 g/mol. The number of rotatable bonds is 9. The molecule has 0 aromatic heterocycles. The van der Waals surface area contributed by atoms with Crippen LogP contribution in [0.2, 0.25) is 0 Å². The SMILES string of the molecule is C=C(C)C(=O)OCC1CSC(=O)O1.OCCN(CCO)CCO. The molecule has 1 unspecified atom stereocenters. The van der Waals surface area contributed by atoms with Crippen LogP contribution in [0.1, 0.15) is 6.92 Å². The van der Waals surface area contributed by atoms with Gasteiger partial charge in [0, 0.05) is 31.0 Å². The molecule has 0 spiro atoms. The van der Waals surface area contributed by atoms with E-state index in [0.29, 0.717) is 31.0 Å². The third-order valence-corrected chi connectivity index (χ3v) is 3.52. The summed E-state index contributed by atoms with van der Waals surface area (Å²) in [5, 5.41) is 25.1. The molecule has 0 saturated carbocycles. The summed E-state index contributed by atoms with van der Waals surface area (Å²) in [6.07, 6.45) is -0.305. The maximum atomic E-state index is 10.9. The van der Waals surface area contributed by atoms with Crippen molar-refractivity contribution in [3.63, 3.8) is 0 Å². The second kappa shape index (κ2) is 13.3. The average molecular weight is 351 g/mol. The number of aliphatic hydroxyl groups excluding tert-OH is 3. The number of carbonyl (C=O) groups excluding carboxylic acids is 2. The van der Waals surface area contributed by atoms with Gasteiger partial charge in [-0.15, -0.1) is 0 Å². The fourth-order valence-corrected chi connectivity index (χ4v) is 2.19. The molecule has 1 aliphatic rings. The number of cyclic esters (lactones) is 1. The summed E-state index contributed by atoms with van der Waals surface area (Å²) in [5.74, 6) is 0.0930. The normalized spacial score (nSPS) is 16.6. The predicted molar refractivity (Wildman–Crippen MR) is 86.2 cm³/mol. The smallest absolute Gasteiger partial charge is 0.367 e. The molecule has 1 aliphatic heterocycles. The maximum absolute atomic E-state index is 10.9. The van der Waals surface area contributed by atoms with Crippen LogP contribution in [0.15, 0.2) is 12.2 Å². The number of esters is 1. The van der Waals surface area contributed by atoms with E-state index in [2.05, 4.69) is 6.58 Å². The molecule has 0 amide bonds. The number of hydrogen-bond acceptors (Lipinski definition) is 9. The van der Waals surface area contributed by atoms with Crippen molar-refractivity contribution in [2.75, 3.05) is 51.8 Å². The van der Waals surface area contributed by atoms with E-state index in [1.807, 2.05) is 0 Å². The second-order valence-electron chi connectivity index (χ2n) is 4.69. The Morgan fingerprint density at radius 3 is 2.17 bits per heavy atom. The number of carbonyl (C=O) groups is 2. The first kappa shape index (κ1) is 21.9. The molecule has 0 aromatic rings. The van der Waals surface area contributed by atoms with Crippen LogP contribution in [0.3, 0.4) is 0 Å². The molecule has 9 heteroatoms.